The van der Waals surface area contributed by atoms with Crippen LogP contribution in [0.1, 0.15) is 6.42 Å². The lowest BCUT2D eigenvalue weighted by molar-refractivity contribution is -0.132. The number of hydrogen-bond donors (Lipinski definition) is 1. The van der Waals surface area contributed by atoms with E-state index in [1.165, 1.54) is 6.08 Å². The average molecular weight is 152 g/mol. The first-order valence-corrected chi connectivity index (χ1v) is 3.17. The Kier molecular flexibility index (Phi) is 2.12. The SMILES string of the molecule is [B-]C1C=CC(F)=C(C(=O)O)C1. The number of halogens is 1. The molecule has 1 aliphatic carbocycles. The first kappa shape index (κ1) is 8.05. The number of rotatable bonds is 1. The van der Waals surface area contributed by atoms with E-state index in [0.29, 0.717) is 0 Å². The standard InChI is InChI=1S/C7H6BFO2/c8-4-1-2-6(9)5(3-4)7(10)11/h1-2,4H,3H2,(H,10,11)/q-1. The van der Waals surface area contributed by atoms with Gasteiger partial charge in [-0.15, -0.1) is 6.08 Å². The molecule has 0 heterocycles. The maximum absolute atomic E-state index is 12.6. The molecule has 0 saturated carbocycles. The van der Waals surface area contributed by atoms with Gasteiger partial charge in [0.15, 0.2) is 0 Å². The van der Waals surface area contributed by atoms with Crippen LogP contribution in [0.2, 0.25) is 5.82 Å². The summed E-state index contributed by atoms with van der Waals surface area (Å²) in [6, 6.07) is 0. The maximum Gasteiger partial charge on any atom is 0.334 e. The van der Waals surface area contributed by atoms with E-state index in [0.717, 1.165) is 6.08 Å². The molecular formula is C7H6BFO2-. The number of aliphatic carboxylic acids is 1. The Morgan fingerprint density at radius 2 is 2.45 bits per heavy atom. The Balaban J connectivity index is 2.90. The molecule has 4 heteroatoms. The molecule has 0 aromatic heterocycles. The Hall–Kier alpha value is -1.06. The molecule has 1 atom stereocenters. The molecule has 2 nitrogen and oxygen atoms in total. The van der Waals surface area contributed by atoms with Crippen LogP contribution in [0.4, 0.5) is 4.39 Å². The van der Waals surface area contributed by atoms with E-state index in [9.17, 15) is 9.18 Å². The molecule has 0 bridgehead atoms. The van der Waals surface area contributed by atoms with Crippen molar-refractivity contribution in [2.24, 2.45) is 0 Å². The van der Waals surface area contributed by atoms with Crippen LogP contribution in [-0.2, 0) is 4.79 Å². The number of hydrogen-bond acceptors (Lipinski definition) is 1. The van der Waals surface area contributed by atoms with Crippen LogP contribution in [0.5, 0.6) is 0 Å². The van der Waals surface area contributed by atoms with Crippen molar-refractivity contribution in [3.63, 3.8) is 0 Å². The fourth-order valence-corrected chi connectivity index (χ4v) is 0.899. The molecule has 1 unspecified atom stereocenters. The minimum atomic E-state index is -1.23. The van der Waals surface area contributed by atoms with E-state index >= 15 is 0 Å². The fraction of sp³-hybridized carbons (Fsp3) is 0.286. The van der Waals surface area contributed by atoms with Crippen molar-refractivity contribution >= 4 is 13.8 Å². The van der Waals surface area contributed by atoms with Crippen molar-refractivity contribution < 1.29 is 14.3 Å². The minimum absolute atomic E-state index is 0.0671. The number of carboxylic acids is 1. The second-order valence-corrected chi connectivity index (χ2v) is 2.36. The van der Waals surface area contributed by atoms with Crippen LogP contribution in [0, 0.1) is 0 Å². The molecule has 0 aromatic rings. The molecule has 0 spiro atoms. The van der Waals surface area contributed by atoms with Crippen LogP contribution >= 0.6 is 0 Å². The van der Waals surface area contributed by atoms with Crippen molar-refractivity contribution in [1.29, 1.82) is 0 Å². The first-order valence-electron chi connectivity index (χ1n) is 3.17. The quantitative estimate of drug-likeness (QED) is 0.573. The highest BCUT2D eigenvalue weighted by molar-refractivity contribution is 6.13. The van der Waals surface area contributed by atoms with E-state index in [4.69, 9.17) is 13.0 Å². The van der Waals surface area contributed by atoms with Gasteiger partial charge in [0.2, 0.25) is 0 Å². The van der Waals surface area contributed by atoms with Gasteiger partial charge >= 0.3 is 5.97 Å². The molecule has 0 saturated heterocycles. The molecule has 57 valence electrons. The smallest absolute Gasteiger partial charge is 0.334 e. The summed E-state index contributed by atoms with van der Waals surface area (Å²) in [7, 11) is 5.37. The highest BCUT2D eigenvalue weighted by atomic mass is 19.1. The normalized spacial score (nSPS) is 24.0. The predicted octanol–water partition coefficient (Wildman–Crippen LogP) is 1.21. The number of carbonyl (C=O) groups is 1. The monoisotopic (exact) mass is 152 g/mol. The van der Waals surface area contributed by atoms with E-state index in [1.807, 2.05) is 0 Å². The minimum Gasteiger partial charge on any atom is -0.616 e. The molecule has 0 fully saturated rings. The number of allylic oxidation sites excluding steroid dienone is 3. The van der Waals surface area contributed by atoms with Gasteiger partial charge < -0.3 is 13.0 Å². The maximum atomic E-state index is 12.6. The summed E-state index contributed by atoms with van der Waals surface area (Å²) in [5, 5.41) is 8.44. The van der Waals surface area contributed by atoms with Crippen LogP contribution in [0.3, 0.4) is 0 Å². The van der Waals surface area contributed by atoms with Gasteiger partial charge in [0.25, 0.3) is 0 Å². The van der Waals surface area contributed by atoms with Gasteiger partial charge in [-0.3, -0.25) is 0 Å². The zero-order valence-electron chi connectivity index (χ0n) is 5.75. The summed E-state index contributed by atoms with van der Waals surface area (Å²) in [4.78, 5) is 10.3. The Morgan fingerprint density at radius 1 is 1.82 bits per heavy atom. The van der Waals surface area contributed by atoms with Gasteiger partial charge in [-0.25, -0.2) is 15.0 Å². The second kappa shape index (κ2) is 2.90. The fourth-order valence-electron chi connectivity index (χ4n) is 0.899. The lowest BCUT2D eigenvalue weighted by Crippen LogP contribution is -2.08. The third-order valence-corrected chi connectivity index (χ3v) is 1.48. The lowest BCUT2D eigenvalue weighted by atomic mass is 9.79. The van der Waals surface area contributed by atoms with Gasteiger partial charge in [0.05, 0.1) is 5.57 Å². The van der Waals surface area contributed by atoms with E-state index < -0.39 is 11.8 Å². The molecule has 1 N–H and O–H groups in total. The summed E-state index contributed by atoms with van der Waals surface area (Å²) >= 11 is 0. The summed E-state index contributed by atoms with van der Waals surface area (Å²) in [5.41, 5.74) is -0.236. The van der Waals surface area contributed by atoms with Gasteiger partial charge in [0.1, 0.15) is 5.83 Å². The molecule has 0 amide bonds. The van der Waals surface area contributed by atoms with Crippen molar-refractivity contribution in [3.05, 3.63) is 23.6 Å². The molecule has 11 heavy (non-hydrogen) atoms. The molecule has 1 aliphatic rings. The number of carboxylic acid groups (broad SMARTS) is 1. The topological polar surface area (TPSA) is 37.3 Å². The molecule has 0 aromatic carbocycles. The van der Waals surface area contributed by atoms with Gasteiger partial charge in [-0.1, -0.05) is 6.42 Å². The van der Waals surface area contributed by atoms with Crippen LogP contribution in [0.15, 0.2) is 23.6 Å². The summed E-state index contributed by atoms with van der Waals surface area (Å²) in [6.45, 7) is 0. The average Bonchev–Trinajstić information content (AvgIpc) is 1.94. The van der Waals surface area contributed by atoms with Crippen LogP contribution in [0.25, 0.3) is 0 Å². The summed E-state index contributed by atoms with van der Waals surface area (Å²) in [5.74, 6) is -2.30. The third kappa shape index (κ3) is 1.70. The largest absolute Gasteiger partial charge is 0.616 e. The lowest BCUT2D eigenvalue weighted by Gasteiger charge is -2.22. The Labute approximate surface area is 64.8 Å². The highest BCUT2D eigenvalue weighted by Crippen LogP contribution is 2.25. The predicted molar refractivity (Wildman–Crippen MR) is 39.0 cm³/mol. The molecular weight excluding hydrogens is 146 g/mol. The summed E-state index contributed by atoms with van der Waals surface area (Å²) in [6.07, 6.45) is 2.61. The van der Waals surface area contributed by atoms with Crippen molar-refractivity contribution in [2.45, 2.75) is 12.2 Å². The molecule has 3 radical (unpaired) electrons. The van der Waals surface area contributed by atoms with E-state index in [1.54, 1.807) is 0 Å². The van der Waals surface area contributed by atoms with E-state index in [-0.39, 0.29) is 17.8 Å². The third-order valence-electron chi connectivity index (χ3n) is 1.48. The van der Waals surface area contributed by atoms with Crippen molar-refractivity contribution in [3.8, 4) is 0 Å². The van der Waals surface area contributed by atoms with E-state index in [2.05, 4.69) is 0 Å². The van der Waals surface area contributed by atoms with Crippen LogP contribution in [-0.4, -0.2) is 18.9 Å². The molecule has 0 aliphatic heterocycles. The highest BCUT2D eigenvalue weighted by Gasteiger charge is 2.14. The van der Waals surface area contributed by atoms with Gasteiger partial charge in [0, 0.05) is 0 Å². The molecule has 1 rings (SSSR count). The van der Waals surface area contributed by atoms with Crippen LogP contribution < -0.4 is 0 Å². The second-order valence-electron chi connectivity index (χ2n) is 2.36. The van der Waals surface area contributed by atoms with Gasteiger partial charge in [-0.2, -0.15) is 0 Å². The van der Waals surface area contributed by atoms with Crippen molar-refractivity contribution in [2.75, 3.05) is 0 Å². The Bertz CT molecular complexity index is 245. The first-order chi connectivity index (χ1) is 5.11. The van der Waals surface area contributed by atoms with Gasteiger partial charge in [-0.05, 0) is 6.08 Å². The zero-order valence-corrected chi connectivity index (χ0v) is 5.75. The summed E-state index contributed by atoms with van der Waals surface area (Å²) < 4.78 is 12.6. The Morgan fingerprint density at radius 3 is 2.91 bits per heavy atom. The van der Waals surface area contributed by atoms with Crippen molar-refractivity contribution in [1.82, 2.24) is 0 Å². The zero-order chi connectivity index (χ0) is 8.43.